The molecule has 0 heterocycles. The maximum Gasteiger partial charge on any atom is 0.305 e. The van der Waals surface area contributed by atoms with E-state index in [4.69, 9.17) is 4.43 Å². The molecule has 94 valence electrons. The molecule has 0 fully saturated rings. The molecule has 16 heavy (non-hydrogen) atoms. The summed E-state index contributed by atoms with van der Waals surface area (Å²) < 4.78 is 10.4. The third-order valence-electron chi connectivity index (χ3n) is 3.01. The summed E-state index contributed by atoms with van der Waals surface area (Å²) in [5.74, 6) is -0.183. The Labute approximate surface area is 100.0 Å². The smallest absolute Gasteiger partial charge is 0.305 e. The molecule has 0 spiro atoms. The highest BCUT2D eigenvalue weighted by atomic mass is 28.4. The van der Waals surface area contributed by atoms with Gasteiger partial charge in [-0.2, -0.15) is 0 Å². The predicted octanol–water partition coefficient (Wildman–Crippen LogP) is 3.48. The van der Waals surface area contributed by atoms with Crippen LogP contribution in [0.3, 0.4) is 0 Å². The Balaban J connectivity index is 3.97. The normalized spacial score (nSPS) is 12.9. The van der Waals surface area contributed by atoms with Gasteiger partial charge in [0.1, 0.15) is 0 Å². The summed E-state index contributed by atoms with van der Waals surface area (Å²) in [5, 5.41) is 0.208. The van der Waals surface area contributed by atoms with Crippen LogP contribution in [0.2, 0.25) is 18.1 Å². The van der Waals surface area contributed by atoms with Crippen LogP contribution >= 0.6 is 0 Å². The quantitative estimate of drug-likeness (QED) is 0.422. The van der Waals surface area contributed by atoms with Gasteiger partial charge < -0.3 is 9.16 Å². The minimum atomic E-state index is -1.69. The zero-order valence-electron chi connectivity index (χ0n) is 11.3. The van der Waals surface area contributed by atoms with Gasteiger partial charge in [-0.3, -0.25) is 4.79 Å². The van der Waals surface area contributed by atoms with E-state index in [0.29, 0.717) is 12.8 Å². The molecule has 0 aliphatic carbocycles. The van der Waals surface area contributed by atoms with Gasteiger partial charge in [0.25, 0.3) is 0 Å². The van der Waals surface area contributed by atoms with Crippen molar-refractivity contribution in [2.75, 3.05) is 7.11 Å². The number of ether oxygens (including phenoxy) is 1. The molecule has 3 nitrogen and oxygen atoms in total. The third kappa shape index (κ3) is 5.35. The molecule has 0 aliphatic heterocycles. The Morgan fingerprint density at radius 1 is 1.31 bits per heavy atom. The summed E-state index contributed by atoms with van der Waals surface area (Å²) in [7, 11) is -0.292. The molecule has 0 rings (SSSR count). The summed E-state index contributed by atoms with van der Waals surface area (Å²) in [6.45, 7) is 11.0. The van der Waals surface area contributed by atoms with Gasteiger partial charge in [-0.1, -0.05) is 26.8 Å². The van der Waals surface area contributed by atoms with E-state index in [2.05, 4.69) is 38.6 Å². The van der Waals surface area contributed by atoms with E-state index in [-0.39, 0.29) is 11.0 Å². The van der Waals surface area contributed by atoms with Crippen molar-refractivity contribution in [3.63, 3.8) is 0 Å². The van der Waals surface area contributed by atoms with Crippen LogP contribution in [0.1, 0.15) is 33.6 Å². The third-order valence-corrected chi connectivity index (χ3v) is 7.35. The minimum Gasteiger partial charge on any atom is -0.549 e. The molecule has 0 unspecified atom stereocenters. The van der Waals surface area contributed by atoms with Gasteiger partial charge in [-0.15, -0.1) is 0 Å². The van der Waals surface area contributed by atoms with Gasteiger partial charge in [0, 0.05) is 6.42 Å². The van der Waals surface area contributed by atoms with E-state index < -0.39 is 8.32 Å². The Hall–Kier alpha value is -0.773. The molecule has 0 N–H and O–H groups in total. The molecule has 0 saturated heterocycles. The van der Waals surface area contributed by atoms with Crippen molar-refractivity contribution in [2.45, 2.75) is 51.7 Å². The Kier molecular flexibility index (Phi) is 5.79. The van der Waals surface area contributed by atoms with Crippen LogP contribution in [0.5, 0.6) is 0 Å². The number of carbonyl (C=O) groups excluding carboxylic acids is 1. The molecule has 0 radical (unpaired) electrons. The standard InChI is InChI=1S/C12H24O3Si/c1-12(2,3)16(5,6)15-10-8-7-9-11(13)14-4/h8,10H,7,9H2,1-6H3/b10-8+. The monoisotopic (exact) mass is 244 g/mol. The first-order valence-corrected chi connectivity index (χ1v) is 8.51. The van der Waals surface area contributed by atoms with E-state index in [0.717, 1.165) is 0 Å². The van der Waals surface area contributed by atoms with Crippen LogP contribution in [0.4, 0.5) is 0 Å². The summed E-state index contributed by atoms with van der Waals surface area (Å²) in [6, 6.07) is 0. The molecular formula is C12H24O3Si. The number of hydrogen-bond acceptors (Lipinski definition) is 3. The highest BCUT2D eigenvalue weighted by molar-refractivity contribution is 6.74. The van der Waals surface area contributed by atoms with Crippen molar-refractivity contribution < 1.29 is 14.0 Å². The molecule has 0 bridgehead atoms. The SMILES string of the molecule is COC(=O)CC/C=C/O[Si](C)(C)C(C)(C)C. The van der Waals surface area contributed by atoms with Crippen molar-refractivity contribution >= 4 is 14.3 Å². The van der Waals surface area contributed by atoms with Gasteiger partial charge in [0.05, 0.1) is 13.4 Å². The largest absolute Gasteiger partial charge is 0.549 e. The van der Waals surface area contributed by atoms with Crippen molar-refractivity contribution in [2.24, 2.45) is 0 Å². The molecule has 0 amide bonds. The average molecular weight is 244 g/mol. The molecular weight excluding hydrogens is 220 g/mol. The van der Waals surface area contributed by atoms with E-state index in [9.17, 15) is 4.79 Å². The van der Waals surface area contributed by atoms with E-state index in [1.54, 1.807) is 6.26 Å². The minimum absolute atomic E-state index is 0.183. The van der Waals surface area contributed by atoms with E-state index >= 15 is 0 Å². The fourth-order valence-corrected chi connectivity index (χ4v) is 1.56. The first-order valence-electron chi connectivity index (χ1n) is 5.60. The Bertz CT molecular complexity index is 251. The molecule has 0 aromatic heterocycles. The lowest BCUT2D eigenvalue weighted by Crippen LogP contribution is -2.39. The van der Waals surface area contributed by atoms with Gasteiger partial charge in [-0.05, 0) is 24.6 Å². The highest BCUT2D eigenvalue weighted by Crippen LogP contribution is 2.36. The maximum atomic E-state index is 10.8. The van der Waals surface area contributed by atoms with Gasteiger partial charge in [0.2, 0.25) is 8.32 Å². The Morgan fingerprint density at radius 3 is 2.31 bits per heavy atom. The second-order valence-corrected chi connectivity index (χ2v) is 10.1. The lowest BCUT2D eigenvalue weighted by molar-refractivity contribution is -0.140. The van der Waals surface area contributed by atoms with Crippen molar-refractivity contribution in [3.8, 4) is 0 Å². The van der Waals surface area contributed by atoms with Crippen LogP contribution in [-0.4, -0.2) is 21.4 Å². The summed E-state index contributed by atoms with van der Waals surface area (Å²) >= 11 is 0. The summed E-state index contributed by atoms with van der Waals surface area (Å²) in [5.41, 5.74) is 0. The van der Waals surface area contributed by atoms with Gasteiger partial charge >= 0.3 is 5.97 Å². The molecule has 0 aromatic carbocycles. The first-order chi connectivity index (χ1) is 7.20. The molecule has 0 aliphatic rings. The first kappa shape index (κ1) is 15.2. The molecule has 0 atom stereocenters. The topological polar surface area (TPSA) is 35.5 Å². The summed E-state index contributed by atoms with van der Waals surface area (Å²) in [4.78, 5) is 10.8. The Morgan fingerprint density at radius 2 is 1.88 bits per heavy atom. The molecule has 0 saturated carbocycles. The van der Waals surface area contributed by atoms with Gasteiger partial charge in [0.15, 0.2) is 0 Å². The van der Waals surface area contributed by atoms with Gasteiger partial charge in [-0.25, -0.2) is 0 Å². The van der Waals surface area contributed by atoms with Crippen molar-refractivity contribution in [1.29, 1.82) is 0 Å². The van der Waals surface area contributed by atoms with E-state index in [1.165, 1.54) is 7.11 Å². The van der Waals surface area contributed by atoms with E-state index in [1.807, 2.05) is 6.08 Å². The molecule has 0 aromatic rings. The average Bonchev–Trinajstić information content (AvgIpc) is 2.15. The van der Waals surface area contributed by atoms with Crippen molar-refractivity contribution in [1.82, 2.24) is 0 Å². The molecule has 4 heteroatoms. The fourth-order valence-electron chi connectivity index (χ4n) is 0.766. The van der Waals surface area contributed by atoms with Crippen LogP contribution in [-0.2, 0) is 14.0 Å². The summed E-state index contributed by atoms with van der Waals surface area (Å²) in [6.07, 6.45) is 4.70. The second-order valence-electron chi connectivity index (χ2n) is 5.36. The predicted molar refractivity (Wildman–Crippen MR) is 68.7 cm³/mol. The highest BCUT2D eigenvalue weighted by Gasteiger charge is 2.37. The lowest BCUT2D eigenvalue weighted by Gasteiger charge is -2.34. The number of methoxy groups -OCH3 is 1. The van der Waals surface area contributed by atoms with Crippen LogP contribution < -0.4 is 0 Å². The van der Waals surface area contributed by atoms with Crippen LogP contribution in [0, 0.1) is 0 Å². The fraction of sp³-hybridized carbons (Fsp3) is 0.750. The number of hydrogen-bond donors (Lipinski definition) is 0. The zero-order valence-corrected chi connectivity index (χ0v) is 12.3. The number of carbonyl (C=O) groups is 1. The van der Waals surface area contributed by atoms with Crippen LogP contribution in [0.15, 0.2) is 12.3 Å². The lowest BCUT2D eigenvalue weighted by atomic mass is 10.2. The van der Waals surface area contributed by atoms with Crippen LogP contribution in [0.25, 0.3) is 0 Å². The zero-order chi connectivity index (χ0) is 12.8. The number of esters is 1. The maximum absolute atomic E-state index is 10.8. The second kappa shape index (κ2) is 6.08. The number of allylic oxidation sites excluding steroid dienone is 1. The number of rotatable bonds is 5. The van der Waals surface area contributed by atoms with Crippen molar-refractivity contribution in [3.05, 3.63) is 12.3 Å².